The fourth-order valence-corrected chi connectivity index (χ4v) is 2.13. The number of esters is 1. The highest BCUT2D eigenvalue weighted by Crippen LogP contribution is 2.09. The Kier molecular flexibility index (Phi) is 4.72. The number of carbonyl (C=O) groups is 2. The molecule has 5 nitrogen and oxygen atoms in total. The first kappa shape index (κ1) is 14.1. The smallest absolute Gasteiger partial charge is 0.338 e. The minimum atomic E-state index is -0.542. The van der Waals surface area contributed by atoms with Crippen molar-refractivity contribution in [2.45, 2.75) is 19.3 Å². The summed E-state index contributed by atoms with van der Waals surface area (Å²) < 4.78 is 5.00. The highest BCUT2D eigenvalue weighted by molar-refractivity contribution is 5.91. The molecule has 5 heteroatoms. The molecule has 0 radical (unpaired) electrons. The molecule has 2 rings (SSSR count). The van der Waals surface area contributed by atoms with Crippen LogP contribution in [0.5, 0.6) is 0 Å². The number of ether oxygens (including phenoxy) is 1. The number of hydrogen-bond acceptors (Lipinski definition) is 4. The van der Waals surface area contributed by atoms with E-state index in [9.17, 15) is 9.59 Å². The number of nitriles is 1. The van der Waals surface area contributed by atoms with Crippen molar-refractivity contribution in [3.8, 4) is 6.07 Å². The van der Waals surface area contributed by atoms with Gasteiger partial charge in [0.05, 0.1) is 17.2 Å². The van der Waals surface area contributed by atoms with Gasteiger partial charge in [0.1, 0.15) is 0 Å². The van der Waals surface area contributed by atoms with Crippen molar-refractivity contribution in [3.05, 3.63) is 35.4 Å². The maximum atomic E-state index is 11.8. The third-order valence-corrected chi connectivity index (χ3v) is 3.29. The van der Waals surface area contributed by atoms with E-state index in [1.807, 2.05) is 6.07 Å². The van der Waals surface area contributed by atoms with E-state index in [1.54, 1.807) is 17.0 Å². The Hall–Kier alpha value is -2.35. The van der Waals surface area contributed by atoms with E-state index in [1.165, 1.54) is 12.1 Å². The lowest BCUT2D eigenvalue weighted by Gasteiger charge is -2.26. The van der Waals surface area contributed by atoms with E-state index < -0.39 is 5.97 Å². The normalized spacial score (nSPS) is 14.4. The zero-order valence-corrected chi connectivity index (χ0v) is 11.2. The zero-order valence-electron chi connectivity index (χ0n) is 11.2. The number of benzene rings is 1. The number of amides is 1. The van der Waals surface area contributed by atoms with Gasteiger partial charge in [0.2, 0.25) is 0 Å². The largest absolute Gasteiger partial charge is 0.452 e. The summed E-state index contributed by atoms with van der Waals surface area (Å²) in [4.78, 5) is 25.3. The van der Waals surface area contributed by atoms with Crippen LogP contribution in [0.2, 0.25) is 0 Å². The van der Waals surface area contributed by atoms with Crippen LogP contribution in [0.4, 0.5) is 0 Å². The predicted octanol–water partition coefficient (Wildman–Crippen LogP) is 1.73. The van der Waals surface area contributed by atoms with E-state index in [0.29, 0.717) is 11.1 Å². The van der Waals surface area contributed by atoms with Gasteiger partial charge in [-0.15, -0.1) is 0 Å². The summed E-state index contributed by atoms with van der Waals surface area (Å²) in [6.45, 7) is 1.26. The lowest BCUT2D eigenvalue weighted by Crippen LogP contribution is -2.38. The molecule has 0 unspecified atom stereocenters. The summed E-state index contributed by atoms with van der Waals surface area (Å²) in [5, 5.41) is 8.67. The molecule has 0 aliphatic carbocycles. The Labute approximate surface area is 117 Å². The molecule has 1 aromatic rings. The maximum absolute atomic E-state index is 11.8. The first-order valence-electron chi connectivity index (χ1n) is 6.66. The standard InChI is InChI=1S/C15H16N2O3/c16-10-12-4-6-13(7-5-12)15(19)20-11-14(18)17-8-2-1-3-9-17/h4-7H,1-3,8-9,11H2. The zero-order chi connectivity index (χ0) is 14.4. The molecule has 1 heterocycles. The van der Waals surface area contributed by atoms with E-state index in [2.05, 4.69) is 0 Å². The fourth-order valence-electron chi connectivity index (χ4n) is 2.13. The first-order chi connectivity index (χ1) is 9.70. The summed E-state index contributed by atoms with van der Waals surface area (Å²) in [5.41, 5.74) is 0.821. The minimum Gasteiger partial charge on any atom is -0.452 e. The minimum absolute atomic E-state index is 0.147. The number of carbonyl (C=O) groups excluding carboxylic acids is 2. The number of hydrogen-bond donors (Lipinski definition) is 0. The molecule has 1 saturated heterocycles. The van der Waals surface area contributed by atoms with Crippen molar-refractivity contribution in [1.82, 2.24) is 4.90 Å². The number of piperidine rings is 1. The average molecular weight is 272 g/mol. The van der Waals surface area contributed by atoms with Crippen LogP contribution >= 0.6 is 0 Å². The SMILES string of the molecule is N#Cc1ccc(C(=O)OCC(=O)N2CCCCC2)cc1. The van der Waals surface area contributed by atoms with Gasteiger partial charge in [-0.2, -0.15) is 5.26 Å². The summed E-state index contributed by atoms with van der Waals surface area (Å²) in [7, 11) is 0. The van der Waals surface area contributed by atoms with Crippen LogP contribution in [0.15, 0.2) is 24.3 Å². The highest BCUT2D eigenvalue weighted by atomic mass is 16.5. The van der Waals surface area contributed by atoms with Crippen LogP contribution in [-0.2, 0) is 9.53 Å². The second-order valence-electron chi connectivity index (χ2n) is 4.71. The first-order valence-corrected chi connectivity index (χ1v) is 6.66. The van der Waals surface area contributed by atoms with Crippen LogP contribution < -0.4 is 0 Å². The predicted molar refractivity (Wildman–Crippen MR) is 71.9 cm³/mol. The van der Waals surface area contributed by atoms with Gasteiger partial charge in [-0.05, 0) is 43.5 Å². The van der Waals surface area contributed by atoms with Crippen LogP contribution in [-0.4, -0.2) is 36.5 Å². The molecule has 0 atom stereocenters. The van der Waals surface area contributed by atoms with Crippen LogP contribution in [0, 0.1) is 11.3 Å². The van der Waals surface area contributed by atoms with E-state index in [-0.39, 0.29) is 12.5 Å². The second-order valence-corrected chi connectivity index (χ2v) is 4.71. The second kappa shape index (κ2) is 6.71. The monoisotopic (exact) mass is 272 g/mol. The molecule has 1 fully saturated rings. The quantitative estimate of drug-likeness (QED) is 0.786. The molecule has 0 aromatic heterocycles. The van der Waals surface area contributed by atoms with Crippen molar-refractivity contribution in [2.75, 3.05) is 19.7 Å². The van der Waals surface area contributed by atoms with Crippen LogP contribution in [0.25, 0.3) is 0 Å². The molecule has 0 N–H and O–H groups in total. The van der Waals surface area contributed by atoms with Crippen molar-refractivity contribution in [2.24, 2.45) is 0 Å². The highest BCUT2D eigenvalue weighted by Gasteiger charge is 2.18. The van der Waals surface area contributed by atoms with Crippen molar-refractivity contribution in [1.29, 1.82) is 5.26 Å². The van der Waals surface area contributed by atoms with Gasteiger partial charge in [-0.1, -0.05) is 0 Å². The molecule has 1 aliphatic rings. The van der Waals surface area contributed by atoms with Crippen molar-refractivity contribution in [3.63, 3.8) is 0 Å². The molecular weight excluding hydrogens is 256 g/mol. The number of rotatable bonds is 3. The third kappa shape index (κ3) is 3.58. The molecule has 1 amide bonds. The maximum Gasteiger partial charge on any atom is 0.338 e. The van der Waals surface area contributed by atoms with Crippen molar-refractivity contribution < 1.29 is 14.3 Å². The number of nitrogens with zero attached hydrogens (tertiary/aromatic N) is 2. The van der Waals surface area contributed by atoms with Gasteiger partial charge in [-0.25, -0.2) is 4.79 Å². The van der Waals surface area contributed by atoms with Gasteiger partial charge in [0.15, 0.2) is 6.61 Å². The lowest BCUT2D eigenvalue weighted by atomic mass is 10.1. The van der Waals surface area contributed by atoms with E-state index in [0.717, 1.165) is 32.4 Å². The number of likely N-dealkylation sites (tertiary alicyclic amines) is 1. The van der Waals surface area contributed by atoms with Crippen LogP contribution in [0.1, 0.15) is 35.2 Å². The third-order valence-electron chi connectivity index (χ3n) is 3.29. The average Bonchev–Trinajstić information content (AvgIpc) is 2.53. The molecule has 1 aliphatic heterocycles. The molecular formula is C15H16N2O3. The Balaban J connectivity index is 1.84. The van der Waals surface area contributed by atoms with Gasteiger partial charge < -0.3 is 9.64 Å². The molecule has 0 saturated carbocycles. The Bertz CT molecular complexity index is 525. The van der Waals surface area contributed by atoms with Gasteiger partial charge in [-0.3, -0.25) is 4.79 Å². The Morgan fingerprint density at radius 3 is 2.40 bits per heavy atom. The van der Waals surface area contributed by atoms with E-state index >= 15 is 0 Å². The summed E-state index contributed by atoms with van der Waals surface area (Å²) in [6, 6.07) is 8.10. The van der Waals surface area contributed by atoms with Gasteiger partial charge in [0, 0.05) is 13.1 Å². The Morgan fingerprint density at radius 1 is 1.15 bits per heavy atom. The summed E-state index contributed by atoms with van der Waals surface area (Å²) >= 11 is 0. The van der Waals surface area contributed by atoms with Gasteiger partial charge in [0.25, 0.3) is 5.91 Å². The lowest BCUT2D eigenvalue weighted by molar-refractivity contribution is -0.135. The summed E-state index contributed by atoms with van der Waals surface area (Å²) in [5.74, 6) is -0.688. The molecule has 104 valence electrons. The molecule has 0 bridgehead atoms. The molecule has 20 heavy (non-hydrogen) atoms. The topological polar surface area (TPSA) is 70.4 Å². The van der Waals surface area contributed by atoms with E-state index in [4.69, 9.17) is 10.00 Å². The van der Waals surface area contributed by atoms with Crippen molar-refractivity contribution >= 4 is 11.9 Å². The Morgan fingerprint density at radius 2 is 1.80 bits per heavy atom. The van der Waals surface area contributed by atoms with Gasteiger partial charge >= 0.3 is 5.97 Å². The fraction of sp³-hybridized carbons (Fsp3) is 0.400. The van der Waals surface area contributed by atoms with Crippen LogP contribution in [0.3, 0.4) is 0 Å². The molecule has 1 aromatic carbocycles. The summed E-state index contributed by atoms with van der Waals surface area (Å²) in [6.07, 6.45) is 3.17. The molecule has 0 spiro atoms.